The van der Waals surface area contributed by atoms with Crippen molar-refractivity contribution in [1.29, 1.82) is 0 Å². The fraction of sp³-hybridized carbons (Fsp3) is 0.250. The largest absolute Gasteiger partial charge is 0.347 e. The Balaban J connectivity index is 2.19. The number of imidazole rings is 1. The van der Waals surface area contributed by atoms with E-state index in [2.05, 4.69) is 20.2 Å². The van der Waals surface area contributed by atoms with Crippen molar-refractivity contribution in [3.05, 3.63) is 30.5 Å². The molecule has 0 fully saturated rings. The molecule has 0 saturated heterocycles. The number of nitrogens with zero attached hydrogens (tertiary/aromatic N) is 3. The van der Waals surface area contributed by atoms with E-state index in [4.69, 9.17) is 0 Å². The van der Waals surface area contributed by atoms with Gasteiger partial charge in [0.15, 0.2) is 5.03 Å². The van der Waals surface area contributed by atoms with E-state index in [1.54, 1.807) is 12.4 Å². The molecule has 0 aliphatic rings. The number of aromatic nitrogens is 4. The smallest absolute Gasteiger partial charge is 0.260 e. The number of hydrogen-bond acceptors (Lipinski definition) is 4. The lowest BCUT2D eigenvalue weighted by atomic mass is 10.6. The number of nitrogens with one attached hydrogen (secondary N) is 2. The van der Waals surface area contributed by atoms with Crippen LogP contribution in [0.1, 0.15) is 5.82 Å². The number of H-pyrrole nitrogens is 2. The summed E-state index contributed by atoms with van der Waals surface area (Å²) in [5.41, 5.74) is 0. The van der Waals surface area contributed by atoms with Crippen molar-refractivity contribution in [2.24, 2.45) is 0 Å². The molecule has 0 aromatic carbocycles. The van der Waals surface area contributed by atoms with Crippen LogP contribution in [0.5, 0.6) is 0 Å². The summed E-state index contributed by atoms with van der Waals surface area (Å²) in [6, 6.07) is 1.41. The second kappa shape index (κ2) is 4.06. The van der Waals surface area contributed by atoms with Crippen LogP contribution >= 0.6 is 0 Å². The summed E-state index contributed by atoms with van der Waals surface area (Å²) < 4.78 is 25.1. The molecule has 0 saturated carbocycles. The van der Waals surface area contributed by atoms with Crippen LogP contribution in [0.2, 0.25) is 0 Å². The zero-order valence-electron chi connectivity index (χ0n) is 8.58. The highest BCUT2D eigenvalue weighted by Crippen LogP contribution is 2.11. The molecule has 2 rings (SSSR count). The summed E-state index contributed by atoms with van der Waals surface area (Å²) in [5, 5.41) is 6.11. The van der Waals surface area contributed by atoms with Crippen LogP contribution in [0.15, 0.2) is 29.7 Å². The zero-order chi connectivity index (χ0) is 11.6. The van der Waals surface area contributed by atoms with Gasteiger partial charge in [-0.2, -0.15) is 9.40 Å². The van der Waals surface area contributed by atoms with E-state index in [-0.39, 0.29) is 11.6 Å². The van der Waals surface area contributed by atoms with E-state index in [1.165, 1.54) is 23.6 Å². The highest BCUT2D eigenvalue weighted by Gasteiger charge is 2.22. The van der Waals surface area contributed by atoms with Gasteiger partial charge >= 0.3 is 0 Å². The van der Waals surface area contributed by atoms with Gasteiger partial charge in [-0.3, -0.25) is 5.10 Å². The van der Waals surface area contributed by atoms with Crippen molar-refractivity contribution in [3.8, 4) is 0 Å². The maximum atomic E-state index is 11.9. The molecular formula is C8H11N5O2S. The van der Waals surface area contributed by atoms with Crippen molar-refractivity contribution in [2.45, 2.75) is 11.6 Å². The van der Waals surface area contributed by atoms with Crippen molar-refractivity contribution >= 4 is 10.0 Å². The molecular weight excluding hydrogens is 230 g/mol. The predicted octanol–water partition coefficient (Wildman–Crippen LogP) is -0.0465. The first-order chi connectivity index (χ1) is 7.60. The Morgan fingerprint density at radius 1 is 1.44 bits per heavy atom. The van der Waals surface area contributed by atoms with E-state index in [0.29, 0.717) is 5.82 Å². The predicted molar refractivity (Wildman–Crippen MR) is 55.8 cm³/mol. The summed E-state index contributed by atoms with van der Waals surface area (Å²) in [5.74, 6) is 0.589. The van der Waals surface area contributed by atoms with Crippen molar-refractivity contribution < 1.29 is 8.42 Å². The minimum absolute atomic E-state index is 0.0709. The Hall–Kier alpha value is -1.67. The minimum atomic E-state index is -3.52. The van der Waals surface area contributed by atoms with Gasteiger partial charge < -0.3 is 4.98 Å². The number of rotatable bonds is 4. The molecule has 0 unspecified atom stereocenters. The molecule has 16 heavy (non-hydrogen) atoms. The lowest BCUT2D eigenvalue weighted by Crippen LogP contribution is -2.27. The first kappa shape index (κ1) is 10.8. The van der Waals surface area contributed by atoms with Crippen molar-refractivity contribution in [3.63, 3.8) is 0 Å². The second-order valence-electron chi connectivity index (χ2n) is 3.22. The third-order valence-electron chi connectivity index (χ3n) is 2.09. The monoisotopic (exact) mass is 241 g/mol. The highest BCUT2D eigenvalue weighted by atomic mass is 32.2. The van der Waals surface area contributed by atoms with Crippen LogP contribution < -0.4 is 0 Å². The van der Waals surface area contributed by atoms with E-state index < -0.39 is 10.0 Å². The summed E-state index contributed by atoms with van der Waals surface area (Å²) in [4.78, 5) is 6.81. The van der Waals surface area contributed by atoms with E-state index in [1.807, 2.05) is 0 Å². The molecule has 8 heteroatoms. The van der Waals surface area contributed by atoms with Gasteiger partial charge in [-0.1, -0.05) is 0 Å². The molecule has 2 N–H and O–H groups in total. The first-order valence-corrected chi connectivity index (χ1v) is 5.98. The molecule has 2 aromatic heterocycles. The van der Waals surface area contributed by atoms with Gasteiger partial charge in [-0.05, 0) is 6.07 Å². The van der Waals surface area contributed by atoms with Gasteiger partial charge in [0.05, 0.1) is 12.7 Å². The molecule has 0 aliphatic carbocycles. The SMILES string of the molecule is CN(Cc1ncc[nH]1)S(=O)(=O)c1ccn[nH]1. The summed E-state index contributed by atoms with van der Waals surface area (Å²) in [7, 11) is -2.03. The van der Waals surface area contributed by atoms with E-state index in [9.17, 15) is 8.42 Å². The van der Waals surface area contributed by atoms with Crippen LogP contribution in [0, 0.1) is 0 Å². The van der Waals surface area contributed by atoms with Crippen molar-refractivity contribution in [1.82, 2.24) is 24.5 Å². The Labute approximate surface area is 92.6 Å². The van der Waals surface area contributed by atoms with Crippen LogP contribution in [0.3, 0.4) is 0 Å². The third-order valence-corrected chi connectivity index (χ3v) is 3.82. The molecule has 0 bridgehead atoms. The average molecular weight is 241 g/mol. The van der Waals surface area contributed by atoms with Crippen LogP contribution in [-0.2, 0) is 16.6 Å². The number of hydrogen-bond donors (Lipinski definition) is 2. The number of sulfonamides is 1. The topological polar surface area (TPSA) is 94.7 Å². The Bertz CT molecular complexity index is 531. The van der Waals surface area contributed by atoms with Crippen LogP contribution in [0.25, 0.3) is 0 Å². The Kier molecular flexibility index (Phi) is 2.75. The lowest BCUT2D eigenvalue weighted by Gasteiger charge is -2.13. The summed E-state index contributed by atoms with van der Waals surface area (Å²) in [6.45, 7) is 0.189. The summed E-state index contributed by atoms with van der Waals surface area (Å²) >= 11 is 0. The average Bonchev–Trinajstić information content (AvgIpc) is 2.89. The van der Waals surface area contributed by atoms with Crippen LogP contribution in [-0.4, -0.2) is 39.9 Å². The zero-order valence-corrected chi connectivity index (χ0v) is 9.40. The van der Waals surface area contributed by atoms with Gasteiger partial charge in [0.1, 0.15) is 5.82 Å². The van der Waals surface area contributed by atoms with E-state index >= 15 is 0 Å². The third kappa shape index (κ3) is 1.97. The molecule has 0 atom stereocenters. The van der Waals surface area contributed by atoms with Gasteiger partial charge in [0, 0.05) is 19.4 Å². The second-order valence-corrected chi connectivity index (χ2v) is 5.23. The minimum Gasteiger partial charge on any atom is -0.347 e. The Morgan fingerprint density at radius 2 is 2.25 bits per heavy atom. The fourth-order valence-corrected chi connectivity index (χ4v) is 2.26. The van der Waals surface area contributed by atoms with Crippen LogP contribution in [0.4, 0.5) is 0 Å². The molecule has 0 amide bonds. The molecule has 2 aromatic rings. The highest BCUT2D eigenvalue weighted by molar-refractivity contribution is 7.89. The van der Waals surface area contributed by atoms with Gasteiger partial charge in [0.2, 0.25) is 0 Å². The molecule has 2 heterocycles. The molecule has 7 nitrogen and oxygen atoms in total. The standard InChI is InChI=1S/C8H11N5O2S/c1-13(6-7-9-4-5-10-7)16(14,15)8-2-3-11-12-8/h2-5H,6H2,1H3,(H,9,10)(H,11,12). The van der Waals surface area contributed by atoms with Gasteiger partial charge in [0.25, 0.3) is 10.0 Å². The quantitative estimate of drug-likeness (QED) is 0.784. The maximum absolute atomic E-state index is 11.9. The Morgan fingerprint density at radius 3 is 2.81 bits per heavy atom. The van der Waals surface area contributed by atoms with Crippen molar-refractivity contribution in [2.75, 3.05) is 7.05 Å². The normalized spacial score (nSPS) is 12.1. The van der Waals surface area contributed by atoms with Gasteiger partial charge in [-0.25, -0.2) is 13.4 Å². The first-order valence-electron chi connectivity index (χ1n) is 4.54. The molecule has 86 valence electrons. The molecule has 0 spiro atoms. The summed E-state index contributed by atoms with van der Waals surface area (Å²) in [6.07, 6.45) is 4.62. The maximum Gasteiger partial charge on any atom is 0.260 e. The molecule has 0 radical (unpaired) electrons. The number of aromatic amines is 2. The molecule has 0 aliphatic heterocycles. The fourth-order valence-electron chi connectivity index (χ4n) is 1.24. The van der Waals surface area contributed by atoms with E-state index in [0.717, 1.165) is 0 Å². The van der Waals surface area contributed by atoms with Gasteiger partial charge in [-0.15, -0.1) is 0 Å². The lowest BCUT2D eigenvalue weighted by molar-refractivity contribution is 0.455.